The van der Waals surface area contributed by atoms with Gasteiger partial charge in [0.2, 0.25) is 0 Å². The minimum atomic E-state index is -3.84. The fourth-order valence-corrected chi connectivity index (χ4v) is 6.07. The van der Waals surface area contributed by atoms with Crippen LogP contribution in [0.5, 0.6) is 0 Å². The first kappa shape index (κ1) is 23.2. The normalized spacial score (nSPS) is 13.1. The molecule has 0 fully saturated rings. The number of amides is 1. The Morgan fingerprint density at radius 2 is 1.77 bits per heavy atom. The van der Waals surface area contributed by atoms with E-state index in [2.05, 4.69) is 26.1 Å². The second-order valence-corrected chi connectivity index (χ2v) is 11.6. The third-order valence-electron chi connectivity index (χ3n) is 5.15. The van der Waals surface area contributed by atoms with Crippen LogP contribution in [-0.4, -0.2) is 20.9 Å². The van der Waals surface area contributed by atoms with E-state index in [1.165, 1.54) is 30.4 Å². The average molecular weight is 460 g/mol. The lowest BCUT2D eigenvalue weighted by Gasteiger charge is -2.20. The smallest absolute Gasteiger partial charge is 0.251 e. The monoisotopic (exact) mass is 459 g/mol. The molecular formula is C24H26FNO3S2. The Kier molecular flexibility index (Phi) is 6.67. The predicted molar refractivity (Wildman–Crippen MR) is 123 cm³/mol. The first-order chi connectivity index (χ1) is 14.5. The van der Waals surface area contributed by atoms with E-state index >= 15 is 0 Å². The summed E-state index contributed by atoms with van der Waals surface area (Å²) in [5.74, 6) is -0.800. The molecule has 4 nitrogen and oxygen atoms in total. The molecule has 0 bridgehead atoms. The highest BCUT2D eigenvalue weighted by molar-refractivity contribution is 7.91. The topological polar surface area (TPSA) is 63.2 Å². The molecule has 1 aromatic heterocycles. The molecule has 164 valence electrons. The van der Waals surface area contributed by atoms with Gasteiger partial charge in [-0.15, -0.1) is 11.3 Å². The highest BCUT2D eigenvalue weighted by Crippen LogP contribution is 2.32. The zero-order chi connectivity index (χ0) is 22.8. The second kappa shape index (κ2) is 8.93. The van der Waals surface area contributed by atoms with Gasteiger partial charge in [-0.1, -0.05) is 39.0 Å². The van der Waals surface area contributed by atoms with Gasteiger partial charge in [0.05, 0.1) is 4.90 Å². The maximum absolute atomic E-state index is 13.7. The molecule has 2 aromatic carbocycles. The van der Waals surface area contributed by atoms with Crippen molar-refractivity contribution in [3.05, 3.63) is 87.4 Å². The van der Waals surface area contributed by atoms with Crippen LogP contribution in [0.3, 0.4) is 0 Å². The van der Waals surface area contributed by atoms with Crippen LogP contribution in [-0.2, 0) is 15.3 Å². The van der Waals surface area contributed by atoms with Crippen molar-refractivity contribution in [2.75, 3.05) is 6.54 Å². The van der Waals surface area contributed by atoms with E-state index in [0.717, 1.165) is 11.6 Å². The Morgan fingerprint density at radius 1 is 1.10 bits per heavy atom. The molecule has 0 aliphatic carbocycles. The SMILES string of the molecule is Cc1cc(S(=O)(=O)C(CNC(=O)c2ccc(C(C)(C)C)cc2)c2cccs2)ccc1F. The molecule has 0 aliphatic heterocycles. The summed E-state index contributed by atoms with van der Waals surface area (Å²) in [5, 5.41) is 3.59. The van der Waals surface area contributed by atoms with Gasteiger partial charge in [0, 0.05) is 17.0 Å². The maximum Gasteiger partial charge on any atom is 0.251 e. The summed E-state index contributed by atoms with van der Waals surface area (Å²) in [6, 6.07) is 14.6. The standard InChI is InChI=1S/C24H26FNO3S2/c1-16-14-19(11-12-20(16)25)31(28,29)22(21-6-5-13-30-21)15-26-23(27)17-7-9-18(10-8-17)24(2,3)4/h5-14,22H,15H2,1-4H3,(H,26,27). The number of nitrogens with one attached hydrogen (secondary N) is 1. The largest absolute Gasteiger partial charge is 0.350 e. The zero-order valence-corrected chi connectivity index (χ0v) is 19.6. The molecule has 31 heavy (non-hydrogen) atoms. The van der Waals surface area contributed by atoms with Crippen molar-refractivity contribution in [2.45, 2.75) is 43.3 Å². The van der Waals surface area contributed by atoms with Gasteiger partial charge in [-0.25, -0.2) is 12.8 Å². The fraction of sp³-hybridized carbons (Fsp3) is 0.292. The van der Waals surface area contributed by atoms with Crippen LogP contribution in [0, 0.1) is 12.7 Å². The van der Waals surface area contributed by atoms with E-state index in [-0.39, 0.29) is 28.3 Å². The highest BCUT2D eigenvalue weighted by atomic mass is 32.2. The number of benzene rings is 2. The first-order valence-corrected chi connectivity index (χ1v) is 12.3. The lowest BCUT2D eigenvalue weighted by molar-refractivity contribution is 0.0953. The lowest BCUT2D eigenvalue weighted by Crippen LogP contribution is -2.31. The predicted octanol–water partition coefficient (Wildman–Crippen LogP) is 5.44. The van der Waals surface area contributed by atoms with Gasteiger partial charge < -0.3 is 5.32 Å². The van der Waals surface area contributed by atoms with Crippen LogP contribution in [0.1, 0.15) is 52.4 Å². The van der Waals surface area contributed by atoms with Gasteiger partial charge in [-0.3, -0.25) is 4.79 Å². The van der Waals surface area contributed by atoms with Gasteiger partial charge >= 0.3 is 0 Å². The van der Waals surface area contributed by atoms with Gasteiger partial charge in [0.15, 0.2) is 9.84 Å². The molecular weight excluding hydrogens is 433 g/mol. The van der Waals surface area contributed by atoms with E-state index in [1.54, 1.807) is 29.6 Å². The van der Waals surface area contributed by atoms with Gasteiger partial charge in [-0.2, -0.15) is 0 Å². The third kappa shape index (κ3) is 5.22. The molecule has 1 unspecified atom stereocenters. The van der Waals surface area contributed by atoms with Crippen LogP contribution in [0.25, 0.3) is 0 Å². The van der Waals surface area contributed by atoms with E-state index in [4.69, 9.17) is 0 Å². The van der Waals surface area contributed by atoms with Crippen LogP contribution in [0.2, 0.25) is 0 Å². The molecule has 3 aromatic rings. The Morgan fingerprint density at radius 3 is 2.32 bits per heavy atom. The molecule has 7 heteroatoms. The van der Waals surface area contributed by atoms with Crippen molar-refractivity contribution < 1.29 is 17.6 Å². The summed E-state index contributed by atoms with van der Waals surface area (Å²) < 4.78 is 40.3. The van der Waals surface area contributed by atoms with Crippen molar-refractivity contribution in [1.29, 1.82) is 0 Å². The quantitative estimate of drug-likeness (QED) is 0.500. The first-order valence-electron chi connectivity index (χ1n) is 9.92. The Hall–Kier alpha value is -2.51. The summed E-state index contributed by atoms with van der Waals surface area (Å²) >= 11 is 1.31. The van der Waals surface area contributed by atoms with Gasteiger partial charge in [0.1, 0.15) is 11.1 Å². The molecule has 0 saturated carbocycles. The van der Waals surface area contributed by atoms with Crippen LogP contribution < -0.4 is 5.32 Å². The summed E-state index contributed by atoms with van der Waals surface area (Å²) in [4.78, 5) is 13.3. The number of halogens is 1. The maximum atomic E-state index is 13.7. The number of aryl methyl sites for hydroxylation is 1. The zero-order valence-electron chi connectivity index (χ0n) is 18.0. The summed E-state index contributed by atoms with van der Waals surface area (Å²) in [6.45, 7) is 7.72. The number of sulfone groups is 1. The van der Waals surface area contributed by atoms with Crippen molar-refractivity contribution >= 4 is 27.1 Å². The second-order valence-electron chi connectivity index (χ2n) is 8.50. The van der Waals surface area contributed by atoms with E-state index in [1.807, 2.05) is 12.1 Å². The molecule has 0 radical (unpaired) electrons. The van der Waals surface area contributed by atoms with E-state index in [9.17, 15) is 17.6 Å². The fourth-order valence-electron chi connectivity index (χ4n) is 3.21. The number of carbonyl (C=O) groups is 1. The number of rotatable bonds is 6. The number of hydrogen-bond donors (Lipinski definition) is 1. The summed E-state index contributed by atoms with van der Waals surface area (Å²) in [6.07, 6.45) is 0. The van der Waals surface area contributed by atoms with Crippen molar-refractivity contribution in [2.24, 2.45) is 0 Å². The molecule has 1 amide bonds. The Labute approximate surface area is 187 Å². The number of thiophene rings is 1. The minimum absolute atomic E-state index is 0.0271. The molecule has 0 saturated heterocycles. The average Bonchev–Trinajstić information content (AvgIpc) is 3.23. The van der Waals surface area contributed by atoms with E-state index in [0.29, 0.717) is 10.4 Å². The lowest BCUT2D eigenvalue weighted by atomic mass is 9.87. The van der Waals surface area contributed by atoms with Crippen molar-refractivity contribution in [3.8, 4) is 0 Å². The van der Waals surface area contributed by atoms with Gasteiger partial charge in [-0.05, 0) is 65.2 Å². The number of carbonyl (C=O) groups excluding carboxylic acids is 1. The highest BCUT2D eigenvalue weighted by Gasteiger charge is 2.31. The van der Waals surface area contributed by atoms with Crippen molar-refractivity contribution in [1.82, 2.24) is 5.32 Å². The Balaban J connectivity index is 1.84. The molecule has 3 rings (SSSR count). The molecule has 1 atom stereocenters. The van der Waals surface area contributed by atoms with Crippen LogP contribution in [0.4, 0.5) is 4.39 Å². The molecule has 0 aliphatic rings. The van der Waals surface area contributed by atoms with Crippen LogP contribution >= 0.6 is 11.3 Å². The summed E-state index contributed by atoms with van der Waals surface area (Å²) in [7, 11) is -3.84. The number of hydrogen-bond acceptors (Lipinski definition) is 4. The van der Waals surface area contributed by atoms with Crippen molar-refractivity contribution in [3.63, 3.8) is 0 Å². The minimum Gasteiger partial charge on any atom is -0.350 e. The van der Waals surface area contributed by atoms with Crippen LogP contribution in [0.15, 0.2) is 64.9 Å². The van der Waals surface area contributed by atoms with E-state index < -0.39 is 20.9 Å². The molecule has 1 heterocycles. The molecule has 1 N–H and O–H groups in total. The van der Waals surface area contributed by atoms with Gasteiger partial charge in [0.25, 0.3) is 5.91 Å². The summed E-state index contributed by atoms with van der Waals surface area (Å²) in [5.41, 5.74) is 1.80. The Bertz CT molecular complexity index is 1160. The third-order valence-corrected chi connectivity index (χ3v) is 8.37. The molecule has 0 spiro atoms.